The molecular weight excluding hydrogens is 202 g/mol. The third kappa shape index (κ3) is 1.63. The van der Waals surface area contributed by atoms with Gasteiger partial charge in [0.15, 0.2) is 0 Å². The van der Waals surface area contributed by atoms with Gasteiger partial charge in [-0.15, -0.1) is 0 Å². The van der Waals surface area contributed by atoms with E-state index in [2.05, 4.69) is 4.99 Å². The maximum atomic E-state index is 10.5. The van der Waals surface area contributed by atoms with E-state index in [1.807, 2.05) is 25.1 Å². The number of ether oxygens (including phenoxy) is 1. The summed E-state index contributed by atoms with van der Waals surface area (Å²) in [4.78, 5) is 14.5. The Morgan fingerprint density at radius 3 is 2.62 bits per heavy atom. The van der Waals surface area contributed by atoms with Gasteiger partial charge in [0.1, 0.15) is 5.75 Å². The van der Waals surface area contributed by atoms with Crippen LogP contribution in [0.15, 0.2) is 23.2 Å². The van der Waals surface area contributed by atoms with E-state index in [1.54, 1.807) is 13.2 Å². The second-order valence-corrected chi connectivity index (χ2v) is 4.27. The van der Waals surface area contributed by atoms with Gasteiger partial charge in [0.05, 0.1) is 12.6 Å². The van der Waals surface area contributed by atoms with E-state index in [-0.39, 0.29) is 5.54 Å². The van der Waals surface area contributed by atoms with Gasteiger partial charge in [-0.3, -0.25) is 0 Å². The molecule has 1 aromatic rings. The third-order valence-electron chi connectivity index (χ3n) is 3.38. The van der Waals surface area contributed by atoms with Crippen molar-refractivity contribution >= 4 is 6.08 Å². The fraction of sp³-hybridized carbons (Fsp3) is 0.462. The first kappa shape index (κ1) is 10.9. The lowest BCUT2D eigenvalue weighted by Gasteiger charge is -2.38. The van der Waals surface area contributed by atoms with Gasteiger partial charge in [-0.05, 0) is 49.4 Å². The molecule has 3 nitrogen and oxygen atoms in total. The number of benzene rings is 1. The minimum atomic E-state index is -0.307. The molecular formula is C13H15NO2. The van der Waals surface area contributed by atoms with E-state index in [9.17, 15) is 4.79 Å². The summed E-state index contributed by atoms with van der Waals surface area (Å²) in [7, 11) is 1.65. The molecule has 1 saturated carbocycles. The molecule has 0 aromatic heterocycles. The number of rotatable bonds is 3. The van der Waals surface area contributed by atoms with E-state index < -0.39 is 0 Å². The number of hydrogen-bond donors (Lipinski definition) is 0. The molecule has 1 aliphatic carbocycles. The molecule has 84 valence electrons. The second kappa shape index (κ2) is 4.11. The lowest BCUT2D eigenvalue weighted by Crippen LogP contribution is -2.32. The minimum absolute atomic E-state index is 0.307. The number of methoxy groups -OCH3 is 1. The van der Waals surface area contributed by atoms with Gasteiger partial charge < -0.3 is 4.74 Å². The lowest BCUT2D eigenvalue weighted by molar-refractivity contribution is 0.254. The molecule has 2 rings (SSSR count). The summed E-state index contributed by atoms with van der Waals surface area (Å²) < 4.78 is 5.17. The van der Waals surface area contributed by atoms with Crippen molar-refractivity contribution in [3.8, 4) is 5.75 Å². The normalized spacial score (nSPS) is 17.1. The number of aryl methyl sites for hydroxylation is 1. The molecule has 0 amide bonds. The Balaban J connectivity index is 2.43. The van der Waals surface area contributed by atoms with Gasteiger partial charge >= 0.3 is 0 Å². The number of isocyanates is 1. The Bertz CT molecular complexity index is 443. The summed E-state index contributed by atoms with van der Waals surface area (Å²) in [5.74, 6) is 0.839. The van der Waals surface area contributed by atoms with Crippen molar-refractivity contribution in [1.29, 1.82) is 0 Å². The number of hydrogen-bond acceptors (Lipinski definition) is 3. The third-order valence-corrected chi connectivity index (χ3v) is 3.38. The SMILES string of the molecule is COc1ccc(C2(N=C=O)CCC2)c(C)c1. The van der Waals surface area contributed by atoms with Crippen LogP contribution in [0.3, 0.4) is 0 Å². The average molecular weight is 217 g/mol. The molecule has 1 aromatic carbocycles. The molecule has 0 aliphatic heterocycles. The number of aliphatic imine (C=N–C) groups is 1. The molecule has 3 heteroatoms. The van der Waals surface area contributed by atoms with Crippen LogP contribution in [-0.2, 0) is 10.3 Å². The molecule has 0 saturated heterocycles. The van der Waals surface area contributed by atoms with Crippen LogP contribution < -0.4 is 4.74 Å². The smallest absolute Gasteiger partial charge is 0.235 e. The Hall–Kier alpha value is -1.60. The molecule has 0 bridgehead atoms. The zero-order valence-corrected chi connectivity index (χ0v) is 9.62. The van der Waals surface area contributed by atoms with Gasteiger partial charge in [0.2, 0.25) is 6.08 Å². The summed E-state index contributed by atoms with van der Waals surface area (Å²) in [6.45, 7) is 2.03. The first-order chi connectivity index (χ1) is 7.72. The van der Waals surface area contributed by atoms with Crippen molar-refractivity contribution in [1.82, 2.24) is 0 Å². The zero-order chi connectivity index (χ0) is 11.6. The molecule has 1 fully saturated rings. The van der Waals surface area contributed by atoms with Gasteiger partial charge in [0.25, 0.3) is 0 Å². The van der Waals surface area contributed by atoms with E-state index in [0.29, 0.717) is 0 Å². The van der Waals surface area contributed by atoms with Gasteiger partial charge in [-0.25, -0.2) is 4.79 Å². The molecule has 0 spiro atoms. The highest BCUT2D eigenvalue weighted by Crippen LogP contribution is 2.46. The monoisotopic (exact) mass is 217 g/mol. The van der Waals surface area contributed by atoms with Crippen molar-refractivity contribution in [2.45, 2.75) is 31.7 Å². The van der Waals surface area contributed by atoms with Crippen LogP contribution in [0.2, 0.25) is 0 Å². The summed E-state index contributed by atoms with van der Waals surface area (Å²) in [6, 6.07) is 5.91. The maximum absolute atomic E-state index is 10.5. The van der Waals surface area contributed by atoms with Crippen molar-refractivity contribution in [3.05, 3.63) is 29.3 Å². The Morgan fingerprint density at radius 1 is 1.44 bits per heavy atom. The summed E-state index contributed by atoms with van der Waals surface area (Å²) in [5, 5.41) is 0. The molecule has 0 radical (unpaired) electrons. The molecule has 16 heavy (non-hydrogen) atoms. The van der Waals surface area contributed by atoms with Crippen molar-refractivity contribution in [3.63, 3.8) is 0 Å². The van der Waals surface area contributed by atoms with E-state index in [1.165, 1.54) is 0 Å². The first-order valence-electron chi connectivity index (χ1n) is 5.46. The topological polar surface area (TPSA) is 38.7 Å². The van der Waals surface area contributed by atoms with Crippen LogP contribution in [0.25, 0.3) is 0 Å². The highest BCUT2D eigenvalue weighted by atomic mass is 16.5. The Kier molecular flexibility index (Phi) is 2.80. The predicted molar refractivity (Wildman–Crippen MR) is 61.4 cm³/mol. The average Bonchev–Trinajstić information content (AvgIpc) is 2.24. The first-order valence-corrected chi connectivity index (χ1v) is 5.46. The van der Waals surface area contributed by atoms with Gasteiger partial charge in [-0.2, -0.15) is 4.99 Å². The largest absolute Gasteiger partial charge is 0.497 e. The quantitative estimate of drug-likeness (QED) is 0.576. The van der Waals surface area contributed by atoms with Crippen LogP contribution in [0.4, 0.5) is 0 Å². The van der Waals surface area contributed by atoms with Crippen LogP contribution in [-0.4, -0.2) is 13.2 Å². The van der Waals surface area contributed by atoms with E-state index >= 15 is 0 Å². The van der Waals surface area contributed by atoms with Crippen LogP contribution in [0.1, 0.15) is 30.4 Å². The maximum Gasteiger partial charge on any atom is 0.235 e. The highest BCUT2D eigenvalue weighted by molar-refractivity contribution is 5.44. The Labute approximate surface area is 95.2 Å². The fourth-order valence-electron chi connectivity index (χ4n) is 2.33. The lowest BCUT2D eigenvalue weighted by atomic mass is 9.71. The predicted octanol–water partition coefficient (Wildman–Crippen LogP) is 2.72. The Morgan fingerprint density at radius 2 is 2.19 bits per heavy atom. The fourth-order valence-corrected chi connectivity index (χ4v) is 2.33. The van der Waals surface area contributed by atoms with Crippen LogP contribution in [0, 0.1) is 6.92 Å². The standard InChI is InChI=1S/C13H15NO2/c1-10-8-11(16-2)4-5-12(10)13(14-9-15)6-3-7-13/h4-5,8H,3,6-7H2,1-2H3. The number of carbonyl (C=O) groups excluding carboxylic acids is 1. The van der Waals surface area contributed by atoms with Crippen LogP contribution in [0.5, 0.6) is 5.75 Å². The summed E-state index contributed by atoms with van der Waals surface area (Å²) in [5.41, 5.74) is 1.94. The van der Waals surface area contributed by atoms with Crippen molar-refractivity contribution in [2.24, 2.45) is 4.99 Å². The number of nitrogens with zero attached hydrogens (tertiary/aromatic N) is 1. The van der Waals surface area contributed by atoms with Crippen molar-refractivity contribution in [2.75, 3.05) is 7.11 Å². The van der Waals surface area contributed by atoms with E-state index in [4.69, 9.17) is 4.74 Å². The summed E-state index contributed by atoms with van der Waals surface area (Å²) >= 11 is 0. The van der Waals surface area contributed by atoms with E-state index in [0.717, 1.165) is 36.1 Å². The molecule has 0 unspecified atom stereocenters. The minimum Gasteiger partial charge on any atom is -0.497 e. The second-order valence-electron chi connectivity index (χ2n) is 4.27. The van der Waals surface area contributed by atoms with Crippen molar-refractivity contribution < 1.29 is 9.53 Å². The summed E-state index contributed by atoms with van der Waals surface area (Å²) in [6.07, 6.45) is 4.71. The molecule has 0 N–H and O–H groups in total. The highest BCUT2D eigenvalue weighted by Gasteiger charge is 2.39. The van der Waals surface area contributed by atoms with Crippen LogP contribution >= 0.6 is 0 Å². The molecule has 0 atom stereocenters. The molecule has 0 heterocycles. The zero-order valence-electron chi connectivity index (χ0n) is 9.62. The molecule has 1 aliphatic rings. The van der Waals surface area contributed by atoms with Gasteiger partial charge in [0, 0.05) is 0 Å². The van der Waals surface area contributed by atoms with Gasteiger partial charge in [-0.1, -0.05) is 6.07 Å².